The number of carbonyl (C=O) groups excluding carboxylic acids is 5. The van der Waals surface area contributed by atoms with E-state index in [-0.39, 0.29) is 18.2 Å². The highest BCUT2D eigenvalue weighted by Crippen LogP contribution is 2.43. The Morgan fingerprint density at radius 1 is 1.02 bits per heavy atom. The van der Waals surface area contributed by atoms with Crippen LogP contribution in [-0.2, 0) is 41.7 Å². The molecule has 18 heteroatoms. The number of likely N-dealkylation sites (tertiary alicyclic amines) is 1. The Morgan fingerprint density at radius 2 is 1.73 bits per heavy atom. The number of carbonyl (C=O) groups is 5. The number of ether oxygens (including phenoxy) is 1. The normalized spacial score (nSPS) is 21.6. The van der Waals surface area contributed by atoms with E-state index in [0.717, 1.165) is 36.0 Å². The number of hydrogen-bond donors (Lipinski definition) is 3. The Morgan fingerprint density at radius 3 is 2.40 bits per heavy atom. The van der Waals surface area contributed by atoms with Gasteiger partial charge in [0.05, 0.1) is 18.3 Å². The Balaban J connectivity index is 0.999. The van der Waals surface area contributed by atoms with Crippen molar-refractivity contribution in [2.24, 2.45) is 5.92 Å². The average Bonchev–Trinajstić information content (AvgIpc) is 3.57. The summed E-state index contributed by atoms with van der Waals surface area (Å²) in [7, 11) is 0. The van der Waals surface area contributed by atoms with Gasteiger partial charge in [0.1, 0.15) is 36.0 Å². The number of aryl methyl sites for hydroxylation is 3. The molecule has 338 valence electrons. The number of aromatic nitrogens is 4. The van der Waals surface area contributed by atoms with Crippen molar-refractivity contribution in [1.29, 1.82) is 0 Å². The third-order valence-corrected chi connectivity index (χ3v) is 12.5. The van der Waals surface area contributed by atoms with E-state index in [9.17, 15) is 24.0 Å². The van der Waals surface area contributed by atoms with E-state index in [1.165, 1.54) is 18.5 Å². The van der Waals surface area contributed by atoms with E-state index in [1.807, 2.05) is 46.8 Å². The van der Waals surface area contributed by atoms with E-state index in [2.05, 4.69) is 26.3 Å². The number of halogens is 2. The Hall–Kier alpha value is -5.00. The van der Waals surface area contributed by atoms with Crippen LogP contribution in [0.4, 0.5) is 8.63 Å². The van der Waals surface area contributed by atoms with E-state index in [4.69, 9.17) is 4.74 Å². The van der Waals surface area contributed by atoms with Crippen molar-refractivity contribution in [2.45, 2.75) is 163 Å². The first-order valence-electron chi connectivity index (χ1n) is 22.3. The summed E-state index contributed by atoms with van der Waals surface area (Å²) in [5.74, 6) is -1.82. The lowest BCUT2D eigenvalue weighted by molar-refractivity contribution is -0.363. The molecule has 2 fully saturated rings. The van der Waals surface area contributed by atoms with Gasteiger partial charge in [-0.2, -0.15) is 0 Å². The number of allylic oxidation sites excluding steroid dienone is 3. The van der Waals surface area contributed by atoms with Gasteiger partial charge < -0.3 is 43.2 Å². The van der Waals surface area contributed by atoms with Gasteiger partial charge in [-0.15, -0.1) is 5.10 Å². The minimum Gasteiger partial charge on any atom is -0.394 e. The molecule has 4 amide bonds. The molecule has 4 aliphatic heterocycles. The average molecular weight is 864 g/mol. The first kappa shape index (κ1) is 46.5. The molecule has 0 radical (unpaired) electrons. The van der Waals surface area contributed by atoms with E-state index in [1.54, 1.807) is 33.9 Å². The zero-order valence-electron chi connectivity index (χ0n) is 37.8. The first-order chi connectivity index (χ1) is 29.3. The van der Waals surface area contributed by atoms with Crippen LogP contribution in [0.2, 0.25) is 0 Å². The Labute approximate surface area is 363 Å². The molecule has 2 aromatic heterocycles. The van der Waals surface area contributed by atoms with Gasteiger partial charge in [-0.25, -0.2) is 4.68 Å². The van der Waals surface area contributed by atoms with Crippen LogP contribution >= 0.6 is 0 Å². The molecular weight excluding hydrogens is 799 g/mol. The van der Waals surface area contributed by atoms with Crippen LogP contribution in [-0.4, -0.2) is 114 Å². The van der Waals surface area contributed by atoms with E-state index in [0.29, 0.717) is 86.6 Å². The monoisotopic (exact) mass is 864 g/mol. The van der Waals surface area contributed by atoms with Gasteiger partial charge in [-0.3, -0.25) is 24.0 Å². The van der Waals surface area contributed by atoms with Crippen LogP contribution in [0.3, 0.4) is 0 Å². The maximum absolute atomic E-state index is 15.9. The molecule has 15 nitrogen and oxygen atoms in total. The van der Waals surface area contributed by atoms with Gasteiger partial charge in [-0.1, -0.05) is 38.8 Å². The molecule has 5 atom stereocenters. The summed E-state index contributed by atoms with van der Waals surface area (Å²) in [6, 6.07) is -1.58. The minimum atomic E-state index is -4.01. The molecule has 0 spiro atoms. The summed E-state index contributed by atoms with van der Waals surface area (Å²) in [6.07, 6.45) is 9.40. The standard InChI is InChI=1S/C44H64BF2N9O6/c1-10-11-17-34(41(59)50-35(20-26(2)3)40(58)44(9)25-62-44)49-42(60)36-18-14-19-54(36)43(61)31(8)48-37(57)24-53-23-32(51-52-53)15-12-13-16-33-38-27(4)21-29(6)55(38)45(46,47)56-30(7)22-28(5)39(33)56/h21-23,26,31,34-36H,10-20,24-25H2,1-9H3,(H,48,57)(H,49,60)(H,50,59)/t31-,34-,35-,36-,44+/m0/s1. The van der Waals surface area contributed by atoms with Crippen LogP contribution in [0.15, 0.2) is 29.6 Å². The lowest BCUT2D eigenvalue weighted by atomic mass is 9.84. The Bertz CT molecular complexity index is 2190. The maximum Gasteiger partial charge on any atom is 0.737 e. The zero-order valence-corrected chi connectivity index (χ0v) is 37.8. The second kappa shape index (κ2) is 18.8. The molecule has 0 saturated carbocycles. The molecule has 2 saturated heterocycles. The minimum absolute atomic E-state index is 0.134. The van der Waals surface area contributed by atoms with Gasteiger partial charge in [-0.05, 0) is 109 Å². The number of fused-ring (bicyclic) bond motifs is 2. The molecule has 62 heavy (non-hydrogen) atoms. The SMILES string of the molecule is CCCC[C@H](NC(=O)[C@@H]1CCCN1C(=O)[C@H](C)NC(=O)Cn1cc(CCCCC2=C3C(C)=CC(C)=[N+]3[B-](F)(F)n3c(C)cc(C)c32)nn1)C(=O)N[C@@H](CC(C)C)C(=O)[C@@]1(C)CO1. The summed E-state index contributed by atoms with van der Waals surface area (Å²) in [4.78, 5) is 68.7. The van der Waals surface area contributed by atoms with Gasteiger partial charge in [0.15, 0.2) is 11.5 Å². The largest absolute Gasteiger partial charge is 0.737 e. The highest BCUT2D eigenvalue weighted by molar-refractivity contribution is 6.58. The fraction of sp³-hybridized carbons (Fsp3) is 0.636. The van der Waals surface area contributed by atoms with Gasteiger partial charge in [0.2, 0.25) is 23.6 Å². The molecule has 0 aliphatic carbocycles. The number of Topliss-reactive ketones (excluding diaryl/α,β-unsaturated/α-hetero) is 1. The third-order valence-electron chi connectivity index (χ3n) is 12.5. The number of amides is 4. The molecule has 0 aromatic carbocycles. The first-order valence-corrected chi connectivity index (χ1v) is 22.3. The second-order valence-corrected chi connectivity index (χ2v) is 18.3. The van der Waals surface area contributed by atoms with Crippen LogP contribution in [0, 0.1) is 19.8 Å². The molecule has 2 aromatic rings. The number of nitrogens with one attached hydrogen (secondary N) is 3. The maximum atomic E-state index is 15.9. The number of rotatable bonds is 20. The molecule has 6 rings (SSSR count). The van der Waals surface area contributed by atoms with Gasteiger partial charge in [0, 0.05) is 42.6 Å². The molecule has 3 N–H and O–H groups in total. The van der Waals surface area contributed by atoms with Crippen LogP contribution in [0.25, 0.3) is 5.57 Å². The molecule has 4 aliphatic rings. The van der Waals surface area contributed by atoms with E-state index >= 15 is 8.63 Å². The van der Waals surface area contributed by atoms with Crippen LogP contribution < -0.4 is 16.0 Å². The zero-order chi connectivity index (χ0) is 45.3. The van der Waals surface area contributed by atoms with Crippen molar-refractivity contribution in [1.82, 2.24) is 40.3 Å². The van der Waals surface area contributed by atoms with Gasteiger partial charge in [0.25, 0.3) is 0 Å². The number of hydrogen-bond acceptors (Lipinski definition) is 8. The predicted octanol–water partition coefficient (Wildman–Crippen LogP) is 4.55. The fourth-order valence-corrected chi connectivity index (χ4v) is 9.39. The van der Waals surface area contributed by atoms with Crippen LogP contribution in [0.5, 0.6) is 0 Å². The number of epoxide rings is 1. The highest BCUT2D eigenvalue weighted by Gasteiger charge is 2.55. The van der Waals surface area contributed by atoms with Crippen molar-refractivity contribution >= 4 is 47.7 Å². The quantitative estimate of drug-likeness (QED) is 0.0988. The molecule has 0 unspecified atom stereocenters. The van der Waals surface area contributed by atoms with Crippen molar-refractivity contribution in [3.8, 4) is 0 Å². The third kappa shape index (κ3) is 9.79. The topological polar surface area (TPSA) is 176 Å². The summed E-state index contributed by atoms with van der Waals surface area (Å²) < 4.78 is 41.0. The lowest BCUT2D eigenvalue weighted by Crippen LogP contribution is -2.57. The molecular formula is C44H64BF2N9O6. The molecule has 0 bridgehead atoms. The van der Waals surface area contributed by atoms with Crippen molar-refractivity contribution in [3.63, 3.8) is 0 Å². The number of nitrogens with zero attached hydrogens (tertiary/aromatic N) is 6. The van der Waals surface area contributed by atoms with Crippen molar-refractivity contribution in [3.05, 3.63) is 52.3 Å². The summed E-state index contributed by atoms with van der Waals surface area (Å²) in [5, 5.41) is 16.9. The second-order valence-electron chi connectivity index (χ2n) is 18.3. The fourth-order valence-electron chi connectivity index (χ4n) is 9.39. The summed E-state index contributed by atoms with van der Waals surface area (Å²) in [5.41, 5.74) is 4.63. The van der Waals surface area contributed by atoms with Crippen molar-refractivity contribution in [2.75, 3.05) is 13.2 Å². The predicted molar refractivity (Wildman–Crippen MR) is 231 cm³/mol. The summed E-state index contributed by atoms with van der Waals surface area (Å²) >= 11 is 0. The summed E-state index contributed by atoms with van der Waals surface area (Å²) in [6.45, 7) is 12.9. The Kier molecular flexibility index (Phi) is 14.1. The lowest BCUT2D eigenvalue weighted by Gasteiger charge is -2.34. The van der Waals surface area contributed by atoms with Crippen LogP contribution in [0.1, 0.15) is 129 Å². The van der Waals surface area contributed by atoms with Crippen molar-refractivity contribution < 1.29 is 41.8 Å². The smallest absolute Gasteiger partial charge is 0.394 e. The van der Waals surface area contributed by atoms with E-state index < -0.39 is 60.4 Å². The number of ketones is 1. The highest BCUT2D eigenvalue weighted by atomic mass is 19.2. The molecule has 6 heterocycles. The van der Waals surface area contributed by atoms with Gasteiger partial charge >= 0.3 is 6.97 Å². The number of unbranched alkanes of at least 4 members (excludes halogenated alkanes) is 2.